The van der Waals surface area contributed by atoms with Gasteiger partial charge in [0.05, 0.1) is 0 Å². The van der Waals surface area contributed by atoms with Crippen molar-refractivity contribution >= 4 is 27.7 Å². The maximum absolute atomic E-state index is 13.1. The Morgan fingerprint density at radius 3 is 2.20 bits per heavy atom. The lowest BCUT2D eigenvalue weighted by Crippen LogP contribution is -2.49. The molecule has 0 aliphatic heterocycles. The van der Waals surface area contributed by atoms with E-state index in [2.05, 4.69) is 27.3 Å². The fourth-order valence-corrected chi connectivity index (χ4v) is 3.33. The molecule has 30 heavy (non-hydrogen) atoms. The molecule has 2 amide bonds. The molecular weight excluding hydrogens is 444 g/mol. The highest BCUT2D eigenvalue weighted by Crippen LogP contribution is 2.18. The van der Waals surface area contributed by atoms with Crippen LogP contribution in [0, 0.1) is 19.8 Å². The molecule has 0 heterocycles. The van der Waals surface area contributed by atoms with Gasteiger partial charge < -0.3 is 15.0 Å². The van der Waals surface area contributed by atoms with Crippen molar-refractivity contribution in [3.8, 4) is 5.75 Å². The van der Waals surface area contributed by atoms with Gasteiger partial charge in [-0.1, -0.05) is 48.0 Å². The minimum absolute atomic E-state index is 0.124. The molecule has 5 nitrogen and oxygen atoms in total. The van der Waals surface area contributed by atoms with Crippen molar-refractivity contribution in [3.63, 3.8) is 0 Å². The molecule has 0 bridgehead atoms. The summed E-state index contributed by atoms with van der Waals surface area (Å²) < 4.78 is 6.73. The molecule has 0 aromatic heterocycles. The molecule has 0 aliphatic rings. The maximum atomic E-state index is 13.1. The van der Waals surface area contributed by atoms with Gasteiger partial charge in [0.2, 0.25) is 5.91 Å². The topological polar surface area (TPSA) is 58.6 Å². The van der Waals surface area contributed by atoms with Crippen LogP contribution >= 0.6 is 15.9 Å². The van der Waals surface area contributed by atoms with E-state index in [-0.39, 0.29) is 18.4 Å². The van der Waals surface area contributed by atoms with E-state index in [4.69, 9.17) is 4.74 Å². The highest BCUT2D eigenvalue weighted by atomic mass is 79.9. The fraction of sp³-hybridized carbons (Fsp3) is 0.417. The molecule has 0 saturated carbocycles. The number of halogens is 1. The van der Waals surface area contributed by atoms with Gasteiger partial charge in [-0.05, 0) is 67.6 Å². The summed E-state index contributed by atoms with van der Waals surface area (Å²) in [4.78, 5) is 27.3. The third kappa shape index (κ3) is 7.48. The van der Waals surface area contributed by atoms with Crippen LogP contribution in [0.25, 0.3) is 0 Å². The number of aryl methyl sites for hydroxylation is 2. The Hall–Kier alpha value is -2.34. The lowest BCUT2D eigenvalue weighted by molar-refractivity contribution is -0.142. The Kier molecular flexibility index (Phi) is 8.90. The molecule has 2 aromatic carbocycles. The lowest BCUT2D eigenvalue weighted by atomic mass is 10.1. The van der Waals surface area contributed by atoms with Crippen LogP contribution in [-0.2, 0) is 16.1 Å². The van der Waals surface area contributed by atoms with Crippen molar-refractivity contribution in [3.05, 3.63) is 63.6 Å². The third-order valence-electron chi connectivity index (χ3n) is 4.68. The van der Waals surface area contributed by atoms with Crippen molar-refractivity contribution in [1.29, 1.82) is 0 Å². The quantitative estimate of drug-likeness (QED) is 0.575. The maximum Gasteiger partial charge on any atom is 0.261 e. The van der Waals surface area contributed by atoms with E-state index in [0.717, 1.165) is 21.2 Å². The van der Waals surface area contributed by atoms with Gasteiger partial charge in [-0.3, -0.25) is 9.59 Å². The van der Waals surface area contributed by atoms with Crippen LogP contribution in [0.3, 0.4) is 0 Å². The van der Waals surface area contributed by atoms with Gasteiger partial charge in [0, 0.05) is 17.6 Å². The average Bonchev–Trinajstić information content (AvgIpc) is 2.68. The molecule has 6 heteroatoms. The number of nitrogens with one attached hydrogen (secondary N) is 1. The van der Waals surface area contributed by atoms with Crippen LogP contribution in [0.1, 0.15) is 37.5 Å². The molecule has 1 atom stereocenters. The number of nitrogens with zero attached hydrogens (tertiary/aromatic N) is 1. The second-order valence-electron chi connectivity index (χ2n) is 8.08. The summed E-state index contributed by atoms with van der Waals surface area (Å²) in [6.07, 6.45) is 0. The molecule has 2 aromatic rings. The normalized spacial score (nSPS) is 11.8. The highest BCUT2D eigenvalue weighted by Gasteiger charge is 2.26. The van der Waals surface area contributed by atoms with Crippen molar-refractivity contribution in [2.24, 2.45) is 5.92 Å². The Bertz CT molecular complexity index is 845. The van der Waals surface area contributed by atoms with Crippen molar-refractivity contribution in [1.82, 2.24) is 10.2 Å². The van der Waals surface area contributed by atoms with Gasteiger partial charge in [0.15, 0.2) is 6.61 Å². The molecule has 162 valence electrons. The number of amides is 2. The first kappa shape index (κ1) is 23.9. The monoisotopic (exact) mass is 474 g/mol. The van der Waals surface area contributed by atoms with E-state index < -0.39 is 6.04 Å². The summed E-state index contributed by atoms with van der Waals surface area (Å²) in [5, 5.41) is 2.92. The van der Waals surface area contributed by atoms with Crippen LogP contribution < -0.4 is 10.1 Å². The third-order valence-corrected chi connectivity index (χ3v) is 5.20. The Morgan fingerprint density at radius 1 is 1.03 bits per heavy atom. The van der Waals surface area contributed by atoms with Crippen molar-refractivity contribution in [2.75, 3.05) is 13.2 Å². The zero-order valence-electron chi connectivity index (χ0n) is 18.4. The summed E-state index contributed by atoms with van der Waals surface area (Å²) in [5.41, 5.74) is 3.10. The number of hydrogen-bond donors (Lipinski definition) is 1. The lowest BCUT2D eigenvalue weighted by Gasteiger charge is -2.29. The molecule has 0 spiro atoms. The zero-order chi connectivity index (χ0) is 22.3. The number of ether oxygens (including phenoxy) is 1. The van der Waals surface area contributed by atoms with Gasteiger partial charge in [0.25, 0.3) is 5.91 Å². The largest absolute Gasteiger partial charge is 0.484 e. The van der Waals surface area contributed by atoms with Crippen LogP contribution in [0.4, 0.5) is 0 Å². The standard InChI is InChI=1S/C24H31BrN2O3/c1-16(2)13-26-24(29)19(5)27(14-20-6-8-21(25)9-7-20)23(28)15-30-22-11-17(3)10-18(4)12-22/h6-12,16,19H,13-15H2,1-5H3,(H,26,29)/t19-/m1/s1. The first-order valence-corrected chi connectivity index (χ1v) is 11.0. The summed E-state index contributed by atoms with van der Waals surface area (Å²) in [6.45, 7) is 10.6. The number of carbonyl (C=O) groups is 2. The van der Waals surface area contributed by atoms with Crippen LogP contribution in [-0.4, -0.2) is 35.9 Å². The van der Waals surface area contributed by atoms with E-state index >= 15 is 0 Å². The molecular formula is C24H31BrN2O3. The Morgan fingerprint density at radius 2 is 1.63 bits per heavy atom. The summed E-state index contributed by atoms with van der Waals surface area (Å²) >= 11 is 3.42. The highest BCUT2D eigenvalue weighted by molar-refractivity contribution is 9.10. The van der Waals surface area contributed by atoms with Crippen LogP contribution in [0.5, 0.6) is 5.75 Å². The molecule has 0 radical (unpaired) electrons. The second kappa shape index (κ2) is 11.2. The molecule has 0 unspecified atom stereocenters. The van der Waals surface area contributed by atoms with Gasteiger partial charge in [-0.25, -0.2) is 0 Å². The second-order valence-corrected chi connectivity index (χ2v) is 8.99. The Labute approximate surface area is 187 Å². The van der Waals surface area contributed by atoms with E-state index in [0.29, 0.717) is 24.8 Å². The number of benzene rings is 2. The van der Waals surface area contributed by atoms with Crippen LogP contribution in [0.15, 0.2) is 46.9 Å². The number of carbonyl (C=O) groups excluding carboxylic acids is 2. The predicted molar refractivity (Wildman–Crippen MR) is 123 cm³/mol. The van der Waals surface area contributed by atoms with Gasteiger partial charge >= 0.3 is 0 Å². The van der Waals surface area contributed by atoms with Gasteiger partial charge in [-0.2, -0.15) is 0 Å². The summed E-state index contributed by atoms with van der Waals surface area (Å²) in [5.74, 6) is 0.593. The molecule has 0 saturated heterocycles. The smallest absolute Gasteiger partial charge is 0.261 e. The molecule has 0 fully saturated rings. The summed E-state index contributed by atoms with van der Waals surface area (Å²) in [7, 11) is 0. The summed E-state index contributed by atoms with van der Waals surface area (Å²) in [6, 6.07) is 13.0. The number of hydrogen-bond acceptors (Lipinski definition) is 3. The van der Waals surface area contributed by atoms with Gasteiger partial charge in [-0.15, -0.1) is 0 Å². The van der Waals surface area contributed by atoms with E-state index in [1.807, 2.05) is 64.1 Å². The van der Waals surface area contributed by atoms with E-state index in [1.54, 1.807) is 11.8 Å². The SMILES string of the molecule is Cc1cc(C)cc(OCC(=O)N(Cc2ccc(Br)cc2)[C@H](C)C(=O)NCC(C)C)c1. The first-order chi connectivity index (χ1) is 14.2. The van der Waals surface area contributed by atoms with Gasteiger partial charge in [0.1, 0.15) is 11.8 Å². The minimum Gasteiger partial charge on any atom is -0.484 e. The number of rotatable bonds is 9. The fourth-order valence-electron chi connectivity index (χ4n) is 3.07. The first-order valence-electron chi connectivity index (χ1n) is 10.2. The molecule has 1 N–H and O–H groups in total. The van der Waals surface area contributed by atoms with Crippen molar-refractivity contribution < 1.29 is 14.3 Å². The van der Waals surface area contributed by atoms with Crippen LogP contribution in [0.2, 0.25) is 0 Å². The minimum atomic E-state index is -0.609. The van der Waals surface area contributed by atoms with E-state index in [9.17, 15) is 9.59 Å². The van der Waals surface area contributed by atoms with E-state index in [1.165, 1.54) is 0 Å². The molecule has 2 rings (SSSR count). The predicted octanol–water partition coefficient (Wildman–Crippen LogP) is 4.63. The zero-order valence-corrected chi connectivity index (χ0v) is 20.0. The average molecular weight is 475 g/mol. The van der Waals surface area contributed by atoms with Crippen molar-refractivity contribution in [2.45, 2.75) is 47.2 Å². The molecule has 0 aliphatic carbocycles. The Balaban J connectivity index is 2.14.